The summed E-state index contributed by atoms with van der Waals surface area (Å²) in [7, 11) is 0. The van der Waals surface area contributed by atoms with Gasteiger partial charge in [-0.1, -0.05) is 15.9 Å². The molecule has 0 radical (unpaired) electrons. The first-order valence-electron chi connectivity index (χ1n) is 6.30. The quantitative estimate of drug-likeness (QED) is 0.880. The standard InChI is InChI=1S/C14H15BrN4O2/c1-3-21-10-5-4-8(15)6-9(10)12-11(13(16)20)7(2)18-14(17)19-12/h4-6H,3H2,1-2H3,(H2,16,20)(H2,17,18,19). The largest absolute Gasteiger partial charge is 0.493 e. The van der Waals surface area contributed by atoms with Gasteiger partial charge in [-0.25, -0.2) is 9.97 Å². The molecule has 110 valence electrons. The first-order valence-corrected chi connectivity index (χ1v) is 7.10. The van der Waals surface area contributed by atoms with Crippen LogP contribution in [0.2, 0.25) is 0 Å². The van der Waals surface area contributed by atoms with E-state index in [0.717, 1.165) is 4.47 Å². The fraction of sp³-hybridized carbons (Fsp3) is 0.214. The van der Waals surface area contributed by atoms with Crippen molar-refractivity contribution < 1.29 is 9.53 Å². The average Bonchev–Trinajstić information content (AvgIpc) is 2.39. The minimum atomic E-state index is -0.607. The topological polar surface area (TPSA) is 104 Å². The maximum atomic E-state index is 11.7. The molecule has 0 atom stereocenters. The summed E-state index contributed by atoms with van der Waals surface area (Å²) >= 11 is 3.40. The molecule has 2 aromatic rings. The van der Waals surface area contributed by atoms with Crippen molar-refractivity contribution in [2.24, 2.45) is 5.73 Å². The zero-order valence-corrected chi connectivity index (χ0v) is 13.3. The Labute approximate surface area is 130 Å². The van der Waals surface area contributed by atoms with Crippen molar-refractivity contribution in [3.63, 3.8) is 0 Å². The van der Waals surface area contributed by atoms with Crippen molar-refractivity contribution in [1.82, 2.24) is 9.97 Å². The molecule has 0 saturated carbocycles. The van der Waals surface area contributed by atoms with Gasteiger partial charge in [-0.05, 0) is 32.0 Å². The van der Waals surface area contributed by atoms with Crippen LogP contribution in [-0.4, -0.2) is 22.5 Å². The van der Waals surface area contributed by atoms with Gasteiger partial charge in [-0.15, -0.1) is 0 Å². The number of rotatable bonds is 4. The summed E-state index contributed by atoms with van der Waals surface area (Å²) in [5.41, 5.74) is 12.8. The molecule has 0 bridgehead atoms. The Kier molecular flexibility index (Phi) is 4.42. The molecule has 1 aromatic heterocycles. The van der Waals surface area contributed by atoms with E-state index in [4.69, 9.17) is 16.2 Å². The number of ether oxygens (including phenoxy) is 1. The summed E-state index contributed by atoms with van der Waals surface area (Å²) in [6.07, 6.45) is 0. The molecule has 1 heterocycles. The van der Waals surface area contributed by atoms with E-state index in [0.29, 0.717) is 29.3 Å². The summed E-state index contributed by atoms with van der Waals surface area (Å²) in [4.78, 5) is 19.9. The van der Waals surface area contributed by atoms with Crippen molar-refractivity contribution in [3.05, 3.63) is 33.9 Å². The molecule has 7 heteroatoms. The highest BCUT2D eigenvalue weighted by Gasteiger charge is 2.20. The second-order valence-electron chi connectivity index (χ2n) is 4.33. The van der Waals surface area contributed by atoms with Crippen molar-refractivity contribution in [3.8, 4) is 17.0 Å². The maximum absolute atomic E-state index is 11.7. The molecule has 0 aliphatic carbocycles. The Balaban J connectivity index is 2.77. The van der Waals surface area contributed by atoms with E-state index >= 15 is 0 Å². The van der Waals surface area contributed by atoms with E-state index in [-0.39, 0.29) is 11.5 Å². The minimum absolute atomic E-state index is 0.0786. The van der Waals surface area contributed by atoms with Gasteiger partial charge < -0.3 is 16.2 Å². The molecule has 2 rings (SSSR count). The third kappa shape index (κ3) is 3.13. The van der Waals surface area contributed by atoms with Crippen LogP contribution in [0.15, 0.2) is 22.7 Å². The first kappa shape index (κ1) is 15.2. The van der Waals surface area contributed by atoms with Crippen LogP contribution >= 0.6 is 15.9 Å². The van der Waals surface area contributed by atoms with Crippen LogP contribution in [0, 0.1) is 6.92 Å². The lowest BCUT2D eigenvalue weighted by atomic mass is 10.0. The highest BCUT2D eigenvalue weighted by Crippen LogP contribution is 2.34. The molecule has 0 fully saturated rings. The van der Waals surface area contributed by atoms with E-state index in [1.54, 1.807) is 19.1 Å². The monoisotopic (exact) mass is 350 g/mol. The van der Waals surface area contributed by atoms with Gasteiger partial charge in [0.25, 0.3) is 5.91 Å². The van der Waals surface area contributed by atoms with Gasteiger partial charge in [0.1, 0.15) is 5.75 Å². The number of benzene rings is 1. The van der Waals surface area contributed by atoms with Crippen molar-refractivity contribution in [1.29, 1.82) is 0 Å². The number of nitrogens with two attached hydrogens (primary N) is 2. The number of amides is 1. The number of carbonyl (C=O) groups is 1. The third-order valence-electron chi connectivity index (χ3n) is 2.85. The normalized spacial score (nSPS) is 10.4. The third-order valence-corrected chi connectivity index (χ3v) is 3.34. The summed E-state index contributed by atoms with van der Waals surface area (Å²) in [6.45, 7) is 4.03. The van der Waals surface area contributed by atoms with E-state index in [2.05, 4.69) is 25.9 Å². The molecule has 6 nitrogen and oxygen atoms in total. The van der Waals surface area contributed by atoms with Crippen LogP contribution in [0.5, 0.6) is 5.75 Å². The smallest absolute Gasteiger partial charge is 0.252 e. The van der Waals surface area contributed by atoms with E-state index < -0.39 is 5.91 Å². The van der Waals surface area contributed by atoms with Crippen molar-refractivity contribution in [2.75, 3.05) is 12.3 Å². The predicted molar refractivity (Wildman–Crippen MR) is 84.0 cm³/mol. The number of hydrogen-bond donors (Lipinski definition) is 2. The number of anilines is 1. The number of nitrogen functional groups attached to an aromatic ring is 1. The van der Waals surface area contributed by atoms with Crippen molar-refractivity contribution >= 4 is 27.8 Å². The minimum Gasteiger partial charge on any atom is -0.493 e. The van der Waals surface area contributed by atoms with E-state index in [9.17, 15) is 4.79 Å². The van der Waals surface area contributed by atoms with Gasteiger partial charge in [-0.2, -0.15) is 0 Å². The second-order valence-corrected chi connectivity index (χ2v) is 5.24. The summed E-state index contributed by atoms with van der Waals surface area (Å²) in [5, 5.41) is 0. The number of carbonyl (C=O) groups excluding carboxylic acids is 1. The Morgan fingerprint density at radius 1 is 1.38 bits per heavy atom. The number of aromatic nitrogens is 2. The maximum Gasteiger partial charge on any atom is 0.252 e. The van der Waals surface area contributed by atoms with Crippen LogP contribution < -0.4 is 16.2 Å². The lowest BCUT2D eigenvalue weighted by Crippen LogP contribution is -2.17. The fourth-order valence-electron chi connectivity index (χ4n) is 2.05. The molecule has 0 spiro atoms. The lowest BCUT2D eigenvalue weighted by Gasteiger charge is -2.14. The zero-order chi connectivity index (χ0) is 15.6. The fourth-order valence-corrected chi connectivity index (χ4v) is 2.41. The number of halogens is 1. The molecule has 0 aliphatic heterocycles. The highest BCUT2D eigenvalue weighted by atomic mass is 79.9. The van der Waals surface area contributed by atoms with Gasteiger partial charge in [0.15, 0.2) is 0 Å². The van der Waals surface area contributed by atoms with Gasteiger partial charge in [0, 0.05) is 10.0 Å². The molecule has 1 amide bonds. The van der Waals surface area contributed by atoms with E-state index in [1.165, 1.54) is 0 Å². The molecule has 1 aromatic carbocycles. The van der Waals surface area contributed by atoms with Crippen molar-refractivity contribution in [2.45, 2.75) is 13.8 Å². The van der Waals surface area contributed by atoms with Crippen LogP contribution in [-0.2, 0) is 0 Å². The molecular formula is C14H15BrN4O2. The average molecular weight is 351 g/mol. The van der Waals surface area contributed by atoms with Crippen LogP contribution in [0.3, 0.4) is 0 Å². The highest BCUT2D eigenvalue weighted by molar-refractivity contribution is 9.10. The molecule has 0 saturated heterocycles. The van der Waals surface area contributed by atoms with Crippen LogP contribution in [0.4, 0.5) is 5.95 Å². The van der Waals surface area contributed by atoms with Crippen LogP contribution in [0.1, 0.15) is 23.0 Å². The van der Waals surface area contributed by atoms with Gasteiger partial charge >= 0.3 is 0 Å². The molecule has 0 unspecified atom stereocenters. The van der Waals surface area contributed by atoms with Gasteiger partial charge in [-0.3, -0.25) is 4.79 Å². The summed E-state index contributed by atoms with van der Waals surface area (Å²) in [6, 6.07) is 5.44. The molecule has 21 heavy (non-hydrogen) atoms. The summed E-state index contributed by atoms with van der Waals surface area (Å²) < 4.78 is 6.41. The number of primary amides is 1. The lowest BCUT2D eigenvalue weighted by molar-refractivity contribution is 0.0999. The van der Waals surface area contributed by atoms with Gasteiger partial charge in [0.05, 0.1) is 23.6 Å². The number of nitrogens with zero attached hydrogens (tertiary/aromatic N) is 2. The molecule has 4 N–H and O–H groups in total. The Morgan fingerprint density at radius 2 is 2.10 bits per heavy atom. The first-order chi connectivity index (χ1) is 9.93. The molecular weight excluding hydrogens is 336 g/mol. The Hall–Kier alpha value is -2.15. The summed E-state index contributed by atoms with van der Waals surface area (Å²) in [5.74, 6) is 0.0700. The second kappa shape index (κ2) is 6.09. The van der Waals surface area contributed by atoms with Crippen LogP contribution in [0.25, 0.3) is 11.3 Å². The number of aryl methyl sites for hydroxylation is 1. The van der Waals surface area contributed by atoms with Gasteiger partial charge in [0.2, 0.25) is 5.95 Å². The SMILES string of the molecule is CCOc1ccc(Br)cc1-c1nc(N)nc(C)c1C(N)=O. The zero-order valence-electron chi connectivity index (χ0n) is 11.7. The van der Waals surface area contributed by atoms with E-state index in [1.807, 2.05) is 13.0 Å². The Bertz CT molecular complexity index is 704. The number of hydrogen-bond acceptors (Lipinski definition) is 5. The predicted octanol–water partition coefficient (Wildman–Crippen LogP) is 2.29. The Morgan fingerprint density at radius 3 is 2.71 bits per heavy atom. The molecule has 0 aliphatic rings.